The van der Waals surface area contributed by atoms with E-state index in [4.69, 9.17) is 0 Å². The fourth-order valence-electron chi connectivity index (χ4n) is 5.04. The van der Waals surface area contributed by atoms with Crippen molar-refractivity contribution in [3.8, 4) is 22.6 Å². The van der Waals surface area contributed by atoms with Gasteiger partial charge in [-0.3, -0.25) is 9.97 Å². The van der Waals surface area contributed by atoms with Gasteiger partial charge in [-0.25, -0.2) is 16.8 Å². The summed E-state index contributed by atoms with van der Waals surface area (Å²) in [5.74, 6) is -0.848. The Bertz CT molecular complexity index is 2410. The Morgan fingerprint density at radius 3 is 1.26 bits per heavy atom. The minimum Gasteiger partial charge on any atom is -0.744 e. The maximum atomic E-state index is 11.9. The monoisotopic (exact) mass is 728 g/mol. The standard InChI is InChI=1S/C32H24N6O8S2.2Na/c1-17-13-19(7-9-23(17)35-37-25-15-27(47(41,42)43)21-5-3-11-33-29(21)31(25)39)20-8-10-24(18(2)14-20)36-38-26-16-28(48(44,45)46)22-6-4-12-34-30(22)32(26)40;;/h3-16,39-40H,1-2H3,(H,41,42,43)(H,44,45,46);;/q;2*+1/p-2. The Hall–Kier alpha value is -3.68. The molecule has 0 unspecified atom stereocenters. The summed E-state index contributed by atoms with van der Waals surface area (Å²) in [6.45, 7) is 3.56. The number of aromatic hydroxyl groups is 2. The molecular formula is C32H22N6Na2O8S2. The largest absolute Gasteiger partial charge is 1.00 e. The van der Waals surface area contributed by atoms with Gasteiger partial charge in [-0.2, -0.15) is 10.2 Å². The van der Waals surface area contributed by atoms with Gasteiger partial charge in [0.25, 0.3) is 0 Å². The molecule has 0 aliphatic rings. The molecule has 2 aromatic heterocycles. The summed E-state index contributed by atoms with van der Waals surface area (Å²) >= 11 is 0. The van der Waals surface area contributed by atoms with Gasteiger partial charge in [0.15, 0.2) is 11.5 Å². The van der Waals surface area contributed by atoms with Crippen molar-refractivity contribution in [1.29, 1.82) is 0 Å². The van der Waals surface area contributed by atoms with E-state index in [1.54, 1.807) is 38.1 Å². The Kier molecular flexibility index (Phi) is 12.0. The van der Waals surface area contributed by atoms with Crippen molar-refractivity contribution in [1.82, 2.24) is 9.97 Å². The van der Waals surface area contributed by atoms with Gasteiger partial charge in [0, 0.05) is 23.2 Å². The number of rotatable bonds is 7. The Labute approximate surface area is 330 Å². The summed E-state index contributed by atoms with van der Waals surface area (Å²) in [7, 11) is -9.80. The van der Waals surface area contributed by atoms with Crippen LogP contribution in [0.1, 0.15) is 11.1 Å². The molecule has 50 heavy (non-hydrogen) atoms. The van der Waals surface area contributed by atoms with Crippen LogP contribution in [0.2, 0.25) is 0 Å². The van der Waals surface area contributed by atoms with Gasteiger partial charge >= 0.3 is 59.1 Å². The maximum absolute atomic E-state index is 11.9. The van der Waals surface area contributed by atoms with E-state index in [1.165, 1.54) is 36.7 Å². The molecule has 0 saturated heterocycles. The molecule has 0 radical (unpaired) electrons. The summed E-state index contributed by atoms with van der Waals surface area (Å²) < 4.78 is 71.2. The molecule has 0 atom stereocenters. The Balaban J connectivity index is 0.00000281. The molecule has 6 aromatic rings. The van der Waals surface area contributed by atoms with Crippen LogP contribution in [0.5, 0.6) is 11.5 Å². The number of hydrogen-bond acceptors (Lipinski definition) is 14. The van der Waals surface area contributed by atoms with Crippen LogP contribution in [0.3, 0.4) is 0 Å². The average molecular weight is 729 g/mol. The van der Waals surface area contributed by atoms with Crippen LogP contribution < -0.4 is 59.1 Å². The predicted molar refractivity (Wildman–Crippen MR) is 172 cm³/mol. The van der Waals surface area contributed by atoms with Crippen LogP contribution in [0.15, 0.2) is 115 Å². The van der Waals surface area contributed by atoms with E-state index >= 15 is 0 Å². The third kappa shape index (κ3) is 7.94. The minimum atomic E-state index is -4.90. The van der Waals surface area contributed by atoms with Crippen molar-refractivity contribution in [2.24, 2.45) is 20.5 Å². The fourth-order valence-corrected chi connectivity index (χ4v) is 6.42. The first kappa shape index (κ1) is 39.1. The van der Waals surface area contributed by atoms with E-state index in [0.717, 1.165) is 23.3 Å². The molecule has 0 aliphatic carbocycles. The van der Waals surface area contributed by atoms with E-state index < -0.39 is 41.5 Å². The van der Waals surface area contributed by atoms with Crippen LogP contribution >= 0.6 is 0 Å². The molecular weight excluding hydrogens is 707 g/mol. The SMILES string of the molecule is Cc1cc(-c2ccc(N=Nc3cc(S(=O)(=O)[O-])c4cccnc4c3O)c(C)c2)ccc1N=Nc1cc(S(=O)(=O)[O-])c2cccnc2c1O.[Na+].[Na+]. The first-order chi connectivity index (χ1) is 22.7. The number of phenols is 2. The van der Waals surface area contributed by atoms with Crippen LogP contribution in [-0.2, 0) is 20.2 Å². The molecule has 0 fully saturated rings. The third-order valence-corrected chi connectivity index (χ3v) is 9.17. The summed E-state index contributed by atoms with van der Waals surface area (Å²) in [4.78, 5) is 6.82. The fraction of sp³-hybridized carbons (Fsp3) is 0.0625. The summed E-state index contributed by atoms with van der Waals surface area (Å²) in [6.07, 6.45) is 2.69. The molecule has 0 aliphatic heterocycles. The number of fused-ring (bicyclic) bond motifs is 2. The van der Waals surface area contributed by atoms with Gasteiger partial charge in [-0.1, -0.05) is 12.1 Å². The predicted octanol–water partition coefficient (Wildman–Crippen LogP) is 1.13. The molecule has 4 aromatic carbocycles. The van der Waals surface area contributed by atoms with Crippen LogP contribution in [0.4, 0.5) is 22.7 Å². The second-order valence-electron chi connectivity index (χ2n) is 10.6. The van der Waals surface area contributed by atoms with Crippen molar-refractivity contribution in [2.75, 3.05) is 0 Å². The molecule has 18 heteroatoms. The smallest absolute Gasteiger partial charge is 0.744 e. The first-order valence-corrected chi connectivity index (χ1v) is 16.7. The number of benzene rings is 4. The molecule has 14 nitrogen and oxygen atoms in total. The zero-order chi connectivity index (χ0) is 34.4. The number of hydrogen-bond donors (Lipinski definition) is 2. The van der Waals surface area contributed by atoms with Gasteiger partial charge in [-0.15, -0.1) is 10.2 Å². The number of azo groups is 2. The average Bonchev–Trinajstić information content (AvgIpc) is 3.04. The molecule has 6 rings (SSSR count). The normalized spacial score (nSPS) is 12.0. The number of aromatic nitrogens is 2. The van der Waals surface area contributed by atoms with E-state index in [1.807, 2.05) is 12.1 Å². The molecule has 0 amide bonds. The third-order valence-electron chi connectivity index (χ3n) is 7.41. The number of pyridine rings is 2. The van der Waals surface area contributed by atoms with Crippen LogP contribution in [0, 0.1) is 13.8 Å². The summed E-state index contributed by atoms with van der Waals surface area (Å²) in [5.41, 5.74) is 3.15. The number of phenolic OH excluding ortho intramolecular Hbond substituents is 2. The quantitative estimate of drug-likeness (QED) is 0.135. The Morgan fingerprint density at radius 1 is 0.560 bits per heavy atom. The topological polar surface area (TPSA) is 230 Å². The van der Waals surface area contributed by atoms with Crippen molar-refractivity contribution >= 4 is 64.8 Å². The summed E-state index contributed by atoms with van der Waals surface area (Å²) in [5, 5.41) is 37.6. The van der Waals surface area contributed by atoms with Gasteiger partial charge in [0.05, 0.1) is 21.2 Å². The van der Waals surface area contributed by atoms with Crippen molar-refractivity contribution in [3.05, 3.63) is 96.3 Å². The zero-order valence-corrected chi connectivity index (χ0v) is 32.6. The minimum absolute atomic E-state index is 0. The second-order valence-corrected chi connectivity index (χ2v) is 13.3. The van der Waals surface area contributed by atoms with Crippen molar-refractivity contribution < 1.29 is 95.3 Å². The Morgan fingerprint density at radius 2 is 0.920 bits per heavy atom. The second kappa shape index (κ2) is 15.3. The van der Waals surface area contributed by atoms with E-state index in [-0.39, 0.29) is 92.3 Å². The molecule has 2 N–H and O–H groups in total. The maximum Gasteiger partial charge on any atom is 1.00 e. The zero-order valence-electron chi connectivity index (χ0n) is 26.9. The first-order valence-electron chi connectivity index (χ1n) is 13.9. The summed E-state index contributed by atoms with van der Waals surface area (Å²) in [6, 6.07) is 18.1. The van der Waals surface area contributed by atoms with Gasteiger partial charge in [0.2, 0.25) is 0 Å². The molecule has 2 heterocycles. The van der Waals surface area contributed by atoms with Crippen LogP contribution in [0.25, 0.3) is 32.9 Å². The molecule has 0 saturated carbocycles. The molecule has 0 bridgehead atoms. The van der Waals surface area contributed by atoms with E-state index in [9.17, 15) is 36.2 Å². The number of nitrogens with zero attached hydrogens (tertiary/aromatic N) is 6. The molecule has 0 spiro atoms. The van der Waals surface area contributed by atoms with Gasteiger partial charge < -0.3 is 19.3 Å². The van der Waals surface area contributed by atoms with Crippen molar-refractivity contribution in [3.63, 3.8) is 0 Å². The van der Waals surface area contributed by atoms with Gasteiger partial charge in [-0.05, 0) is 96.8 Å². The van der Waals surface area contributed by atoms with Crippen molar-refractivity contribution in [2.45, 2.75) is 23.6 Å². The number of aryl methyl sites for hydroxylation is 2. The molecule has 242 valence electrons. The van der Waals surface area contributed by atoms with E-state index in [0.29, 0.717) is 22.5 Å². The van der Waals surface area contributed by atoms with Crippen LogP contribution in [-0.4, -0.2) is 46.1 Å². The van der Waals surface area contributed by atoms with E-state index in [2.05, 4.69) is 30.4 Å². The van der Waals surface area contributed by atoms with Gasteiger partial charge in [0.1, 0.15) is 42.6 Å².